The Morgan fingerprint density at radius 1 is 1.10 bits per heavy atom. The van der Waals surface area contributed by atoms with Crippen LogP contribution in [0.5, 0.6) is 5.75 Å². The van der Waals surface area contributed by atoms with Crippen molar-refractivity contribution in [2.24, 2.45) is 0 Å². The number of nitrogens with one attached hydrogen (secondary N) is 2. The average molecular weight is 596 g/mol. The van der Waals surface area contributed by atoms with Crippen molar-refractivity contribution in [3.63, 3.8) is 0 Å². The smallest absolute Gasteiger partial charge is 0.229 e. The summed E-state index contributed by atoms with van der Waals surface area (Å²) >= 11 is 6.43. The monoisotopic (exact) mass is 595 g/mol. The zero-order valence-corrected chi connectivity index (χ0v) is 25.4. The largest absolute Gasteiger partial charge is 0.489 e. The van der Waals surface area contributed by atoms with E-state index >= 15 is 0 Å². The second-order valence-electron chi connectivity index (χ2n) is 11.4. The summed E-state index contributed by atoms with van der Waals surface area (Å²) in [5.74, 6) is 1.80. The highest BCUT2D eigenvalue weighted by molar-refractivity contribution is 7.70. The first-order valence-corrected chi connectivity index (χ1v) is 16.8. The molecule has 0 radical (unpaired) electrons. The van der Waals surface area contributed by atoms with Crippen LogP contribution >= 0.6 is 18.7 Å². The molecule has 1 atom stereocenters. The van der Waals surface area contributed by atoms with Gasteiger partial charge in [-0.25, -0.2) is 4.98 Å². The molecular weight excluding hydrogens is 561 g/mol. The van der Waals surface area contributed by atoms with Gasteiger partial charge in [-0.2, -0.15) is 4.98 Å². The van der Waals surface area contributed by atoms with Crippen molar-refractivity contribution in [3.8, 4) is 5.75 Å². The number of hydrogen-bond donors (Lipinski definition) is 2. The molecular formula is C29H35ClN7O3P. The van der Waals surface area contributed by atoms with Crippen molar-refractivity contribution < 1.29 is 14.1 Å². The molecule has 0 aliphatic carbocycles. The van der Waals surface area contributed by atoms with Gasteiger partial charge in [0.1, 0.15) is 24.5 Å². The highest BCUT2D eigenvalue weighted by atomic mass is 35.5. The van der Waals surface area contributed by atoms with Crippen LogP contribution in [-0.4, -0.2) is 90.4 Å². The number of rotatable bonds is 6. The lowest BCUT2D eigenvalue weighted by Gasteiger charge is -2.52. The molecule has 216 valence electrons. The van der Waals surface area contributed by atoms with E-state index in [0.717, 1.165) is 60.7 Å². The maximum Gasteiger partial charge on any atom is 0.229 e. The minimum absolute atomic E-state index is 0.154. The van der Waals surface area contributed by atoms with Gasteiger partial charge in [0.15, 0.2) is 5.82 Å². The first-order valence-electron chi connectivity index (χ1n) is 13.8. The number of benzene rings is 2. The molecule has 6 rings (SSSR count). The maximum absolute atomic E-state index is 12.8. The Balaban J connectivity index is 1.17. The van der Waals surface area contributed by atoms with Crippen LogP contribution in [0.25, 0.3) is 0 Å². The zero-order valence-electron chi connectivity index (χ0n) is 23.7. The number of aryl methyl sites for hydroxylation is 1. The number of anilines is 5. The minimum atomic E-state index is -2.51. The maximum atomic E-state index is 12.8. The van der Waals surface area contributed by atoms with Crippen LogP contribution in [0.4, 0.5) is 28.8 Å². The fourth-order valence-corrected chi connectivity index (χ4v) is 7.19. The first kappa shape index (κ1) is 27.8. The highest BCUT2D eigenvalue weighted by Gasteiger charge is 2.40. The fraction of sp³-hybridized carbons (Fsp3) is 0.414. The van der Waals surface area contributed by atoms with Crippen molar-refractivity contribution in [1.82, 2.24) is 19.8 Å². The third-order valence-corrected chi connectivity index (χ3v) is 9.89. The Bertz CT molecular complexity index is 1540. The molecule has 2 fully saturated rings. The van der Waals surface area contributed by atoms with Gasteiger partial charge in [-0.3, -0.25) is 9.69 Å². The standard InChI is InChI=1S/C29H35ClN7O3P/c1-18-11-20(32-29-31-13-23(30)28(34-29)33-24-7-5-6-8-26(24)41(3,4)39)12-25-27(18)37-10-9-35(16-22(37)17-40-25)21-14-36(15-21)19(2)38/h5-8,11-13,21-22H,9-10,14-17H2,1-4H3,(H2,31,32,33,34)/t22-/m0/s1. The number of aromatic nitrogens is 2. The van der Waals surface area contributed by atoms with E-state index in [1.807, 2.05) is 35.2 Å². The van der Waals surface area contributed by atoms with E-state index in [4.69, 9.17) is 16.3 Å². The van der Waals surface area contributed by atoms with Gasteiger partial charge < -0.3 is 29.7 Å². The van der Waals surface area contributed by atoms with E-state index in [0.29, 0.717) is 35.1 Å². The minimum Gasteiger partial charge on any atom is -0.489 e. The van der Waals surface area contributed by atoms with Crippen molar-refractivity contribution in [2.75, 3.05) is 68.2 Å². The summed E-state index contributed by atoms with van der Waals surface area (Å²) in [6, 6.07) is 12.3. The van der Waals surface area contributed by atoms with Gasteiger partial charge in [0, 0.05) is 62.7 Å². The molecule has 0 unspecified atom stereocenters. The second-order valence-corrected chi connectivity index (χ2v) is 15.0. The summed E-state index contributed by atoms with van der Waals surface area (Å²) < 4.78 is 19.1. The van der Waals surface area contributed by atoms with Crippen LogP contribution in [0.2, 0.25) is 5.02 Å². The van der Waals surface area contributed by atoms with Gasteiger partial charge in [0.2, 0.25) is 11.9 Å². The summed E-state index contributed by atoms with van der Waals surface area (Å²) in [7, 11) is -2.51. The summed E-state index contributed by atoms with van der Waals surface area (Å²) in [5.41, 5.74) is 3.76. The number of fused-ring (bicyclic) bond motifs is 3. The Kier molecular flexibility index (Phi) is 7.34. The van der Waals surface area contributed by atoms with Gasteiger partial charge in [-0.05, 0) is 44.0 Å². The number of nitrogens with zero attached hydrogens (tertiary/aromatic N) is 5. The molecule has 2 N–H and O–H groups in total. The number of carbonyl (C=O) groups excluding carboxylic acids is 1. The van der Waals surface area contributed by atoms with E-state index in [1.54, 1.807) is 26.5 Å². The molecule has 4 heterocycles. The van der Waals surface area contributed by atoms with Crippen LogP contribution in [0.3, 0.4) is 0 Å². The molecule has 1 amide bonds. The topological polar surface area (TPSA) is 103 Å². The van der Waals surface area contributed by atoms with Crippen LogP contribution in [0.15, 0.2) is 42.6 Å². The quantitative estimate of drug-likeness (QED) is 0.404. The van der Waals surface area contributed by atoms with Crippen LogP contribution in [0, 0.1) is 6.92 Å². The van der Waals surface area contributed by atoms with E-state index in [1.165, 1.54) is 0 Å². The van der Waals surface area contributed by atoms with Gasteiger partial charge in [0.05, 0.1) is 23.6 Å². The van der Waals surface area contributed by atoms with E-state index < -0.39 is 7.14 Å². The van der Waals surface area contributed by atoms with Crippen molar-refractivity contribution in [2.45, 2.75) is 25.9 Å². The van der Waals surface area contributed by atoms with Crippen LogP contribution < -0.4 is 25.6 Å². The van der Waals surface area contributed by atoms with Gasteiger partial charge >= 0.3 is 0 Å². The fourth-order valence-electron chi connectivity index (χ4n) is 5.90. The number of ether oxygens (including phenoxy) is 1. The molecule has 0 bridgehead atoms. The number of amides is 1. The molecule has 0 saturated carbocycles. The van der Waals surface area contributed by atoms with Gasteiger partial charge in [0.25, 0.3) is 0 Å². The normalized spacial score (nSPS) is 19.1. The number of halogens is 1. The molecule has 2 aromatic carbocycles. The summed E-state index contributed by atoms with van der Waals surface area (Å²) in [6.45, 7) is 12.3. The number of hydrogen-bond acceptors (Lipinski definition) is 9. The molecule has 2 saturated heterocycles. The van der Waals surface area contributed by atoms with Gasteiger partial charge in [-0.15, -0.1) is 0 Å². The lowest BCUT2D eigenvalue weighted by Crippen LogP contribution is -2.67. The van der Waals surface area contributed by atoms with E-state index in [9.17, 15) is 9.36 Å². The Hall–Kier alpha value is -3.33. The molecule has 10 nitrogen and oxygen atoms in total. The molecule has 3 aromatic rings. The first-order chi connectivity index (χ1) is 19.6. The summed E-state index contributed by atoms with van der Waals surface area (Å²) in [5, 5.41) is 7.64. The molecule has 12 heteroatoms. The predicted molar refractivity (Wildman–Crippen MR) is 165 cm³/mol. The molecule has 3 aliphatic rings. The van der Waals surface area contributed by atoms with E-state index in [2.05, 4.69) is 43.4 Å². The third-order valence-electron chi connectivity index (χ3n) is 8.06. The van der Waals surface area contributed by atoms with E-state index in [-0.39, 0.29) is 11.9 Å². The molecule has 0 spiro atoms. The van der Waals surface area contributed by atoms with Crippen LogP contribution in [-0.2, 0) is 9.36 Å². The highest BCUT2D eigenvalue weighted by Crippen LogP contribution is 2.42. The lowest BCUT2D eigenvalue weighted by molar-refractivity contribution is -0.136. The molecule has 1 aromatic heterocycles. The SMILES string of the molecule is CC(=O)N1CC(N2CCN3c4c(C)cc(Nc5ncc(Cl)c(Nc6ccccc6P(C)(C)=O)n5)cc4OC[C@@H]3C2)C1. The second kappa shape index (κ2) is 10.8. The summed E-state index contributed by atoms with van der Waals surface area (Å²) in [6.07, 6.45) is 1.54. The van der Waals surface area contributed by atoms with Crippen LogP contribution in [0.1, 0.15) is 12.5 Å². The average Bonchev–Trinajstić information content (AvgIpc) is 2.89. The third kappa shape index (κ3) is 5.61. The summed E-state index contributed by atoms with van der Waals surface area (Å²) in [4.78, 5) is 27.5. The number of carbonyl (C=O) groups is 1. The number of piperazine rings is 1. The Morgan fingerprint density at radius 2 is 1.88 bits per heavy atom. The number of likely N-dealkylation sites (tertiary alicyclic amines) is 1. The number of para-hydroxylation sites is 1. The van der Waals surface area contributed by atoms with Crippen molar-refractivity contribution in [1.29, 1.82) is 0 Å². The lowest BCUT2D eigenvalue weighted by atomic mass is 10.0. The Morgan fingerprint density at radius 3 is 2.63 bits per heavy atom. The zero-order chi connectivity index (χ0) is 28.9. The Labute approximate surface area is 245 Å². The molecule has 41 heavy (non-hydrogen) atoms. The van der Waals surface area contributed by atoms with Gasteiger partial charge in [-0.1, -0.05) is 23.7 Å². The predicted octanol–water partition coefficient (Wildman–Crippen LogP) is 4.29. The molecule has 3 aliphatic heterocycles. The van der Waals surface area contributed by atoms with Crippen molar-refractivity contribution in [3.05, 3.63) is 53.2 Å². The van der Waals surface area contributed by atoms with Crippen molar-refractivity contribution >= 4 is 58.8 Å².